The fraction of sp³-hybridized carbons (Fsp3) is 0.345. The van der Waals surface area contributed by atoms with Crippen molar-refractivity contribution in [2.45, 2.75) is 101 Å². The molecular weight excluding hydrogens is 821 g/mol. The fourth-order valence-electron chi connectivity index (χ4n) is 8.19. The first-order chi connectivity index (χ1) is 32.2. The van der Waals surface area contributed by atoms with E-state index in [9.17, 15) is 0 Å². The van der Waals surface area contributed by atoms with Crippen molar-refractivity contribution >= 4 is 0 Å². The fourth-order valence-corrected chi connectivity index (χ4v) is 8.19. The Bertz CT molecular complexity index is 2190. The van der Waals surface area contributed by atoms with Crippen LogP contribution in [-0.4, -0.2) is 75.6 Å². The summed E-state index contributed by atoms with van der Waals surface area (Å²) in [5.41, 5.74) is 6.22. The van der Waals surface area contributed by atoms with Gasteiger partial charge >= 0.3 is 0 Å². The first-order valence-electron chi connectivity index (χ1n) is 22.5. The topological polar surface area (TPSA) is 92.3 Å². The summed E-state index contributed by atoms with van der Waals surface area (Å²) >= 11 is 0. The Labute approximate surface area is 383 Å². The zero-order valence-electron chi connectivity index (χ0n) is 37.0. The predicted octanol–water partition coefficient (Wildman–Crippen LogP) is 9.63. The maximum absolute atomic E-state index is 6.84. The Morgan fingerprint density at radius 3 is 1.18 bits per heavy atom. The quantitative estimate of drug-likeness (QED) is 0.0620. The van der Waals surface area contributed by atoms with Crippen molar-refractivity contribution in [1.29, 1.82) is 0 Å². The van der Waals surface area contributed by atoms with Crippen LogP contribution >= 0.6 is 0 Å². The maximum Gasteiger partial charge on any atom is 0.186 e. The molecule has 0 radical (unpaired) electrons. The molecule has 340 valence electrons. The average Bonchev–Trinajstić information content (AvgIpc) is 3.37. The molecule has 2 aliphatic heterocycles. The van der Waals surface area contributed by atoms with E-state index in [1.54, 1.807) is 7.11 Å². The molecule has 10 heteroatoms. The summed E-state index contributed by atoms with van der Waals surface area (Å²) in [6.45, 7) is 2.51. The molecule has 2 fully saturated rings. The molecule has 2 heterocycles. The Morgan fingerprint density at radius 2 is 0.738 bits per heavy atom. The molecule has 6 aromatic rings. The van der Waals surface area contributed by atoms with Gasteiger partial charge in [0.25, 0.3) is 0 Å². The van der Waals surface area contributed by atoms with Gasteiger partial charge < -0.3 is 47.4 Å². The predicted molar refractivity (Wildman–Crippen MR) is 246 cm³/mol. The second-order valence-corrected chi connectivity index (χ2v) is 16.3. The van der Waals surface area contributed by atoms with Crippen molar-refractivity contribution in [2.24, 2.45) is 0 Å². The molecule has 8 rings (SSSR count). The Kier molecular flexibility index (Phi) is 17.9. The van der Waals surface area contributed by atoms with Gasteiger partial charge in [0.1, 0.15) is 36.6 Å². The molecule has 0 N–H and O–H groups in total. The third-order valence-corrected chi connectivity index (χ3v) is 11.6. The molecule has 0 amide bonds. The molecule has 0 bridgehead atoms. The van der Waals surface area contributed by atoms with E-state index < -0.39 is 55.3 Å². The Hall–Kier alpha value is -5.08. The van der Waals surface area contributed by atoms with Crippen molar-refractivity contribution in [3.63, 3.8) is 0 Å². The number of methoxy groups -OCH3 is 1. The van der Waals surface area contributed by atoms with Crippen LogP contribution in [0.3, 0.4) is 0 Å². The van der Waals surface area contributed by atoms with Crippen LogP contribution in [0.4, 0.5) is 0 Å². The zero-order valence-corrected chi connectivity index (χ0v) is 37.0. The number of hydrogen-bond donors (Lipinski definition) is 0. The molecular formula is C55H60O10. The standard InChI is InChI=1S/C55H60O10/c1-56-55-54(63-38-46-30-18-7-19-31-46)53(62-37-45-28-16-6-17-29-45)52(61-36-44-26-14-5-15-27-44)49(65-55)40-59-50-32-47(58-34-42-22-10-3-11-23-42)51(60-35-43-24-12-4-13-25-43)48(64-50)39-57-33-41-20-8-2-9-21-41/h2-31,47-55H,32-40H2,1H3/t47-,48?,49?,50+,51-,52-,53?,54?,55+/m1/s1. The van der Waals surface area contributed by atoms with Crippen molar-refractivity contribution in [3.05, 3.63) is 215 Å². The van der Waals surface area contributed by atoms with Crippen LogP contribution in [0.15, 0.2) is 182 Å². The molecule has 10 nitrogen and oxygen atoms in total. The molecule has 2 aliphatic rings. The number of benzene rings is 6. The van der Waals surface area contributed by atoms with Gasteiger partial charge in [-0.3, -0.25) is 0 Å². The van der Waals surface area contributed by atoms with Crippen LogP contribution in [0.5, 0.6) is 0 Å². The van der Waals surface area contributed by atoms with Gasteiger partial charge in [-0.25, -0.2) is 0 Å². The van der Waals surface area contributed by atoms with E-state index in [1.165, 1.54) is 0 Å². The maximum atomic E-state index is 6.84. The van der Waals surface area contributed by atoms with Crippen molar-refractivity contribution in [3.8, 4) is 0 Å². The number of rotatable bonds is 23. The van der Waals surface area contributed by atoms with E-state index in [0.29, 0.717) is 46.1 Å². The first-order valence-corrected chi connectivity index (χ1v) is 22.5. The lowest BCUT2D eigenvalue weighted by molar-refractivity contribution is -0.334. The minimum absolute atomic E-state index is 0.0964. The smallest absolute Gasteiger partial charge is 0.186 e. The molecule has 9 atom stereocenters. The highest BCUT2D eigenvalue weighted by Gasteiger charge is 2.50. The van der Waals surface area contributed by atoms with Crippen LogP contribution in [0.25, 0.3) is 0 Å². The monoisotopic (exact) mass is 880 g/mol. The van der Waals surface area contributed by atoms with E-state index in [-0.39, 0.29) is 13.2 Å². The van der Waals surface area contributed by atoms with Gasteiger partial charge in [0.2, 0.25) is 0 Å². The lowest BCUT2D eigenvalue weighted by Crippen LogP contribution is -2.62. The summed E-state index contributed by atoms with van der Waals surface area (Å²) < 4.78 is 66.6. The van der Waals surface area contributed by atoms with E-state index in [2.05, 4.69) is 24.3 Å². The summed E-state index contributed by atoms with van der Waals surface area (Å²) in [6, 6.07) is 60.6. The van der Waals surface area contributed by atoms with Crippen molar-refractivity contribution in [2.75, 3.05) is 20.3 Å². The summed E-state index contributed by atoms with van der Waals surface area (Å²) in [6.07, 6.45) is -5.02. The minimum atomic E-state index is -0.797. The van der Waals surface area contributed by atoms with Crippen molar-refractivity contribution < 1.29 is 47.4 Å². The second-order valence-electron chi connectivity index (χ2n) is 16.3. The zero-order chi connectivity index (χ0) is 44.3. The highest BCUT2D eigenvalue weighted by Crippen LogP contribution is 2.33. The van der Waals surface area contributed by atoms with Crippen LogP contribution in [0.1, 0.15) is 39.8 Å². The molecule has 0 spiro atoms. The molecule has 4 unspecified atom stereocenters. The minimum Gasteiger partial charge on any atom is -0.374 e. The normalized spacial score (nSPS) is 24.4. The molecule has 6 aromatic carbocycles. The van der Waals surface area contributed by atoms with E-state index in [0.717, 1.165) is 33.4 Å². The molecule has 0 saturated carbocycles. The molecule has 0 aromatic heterocycles. The van der Waals surface area contributed by atoms with E-state index in [4.69, 9.17) is 47.4 Å². The van der Waals surface area contributed by atoms with E-state index >= 15 is 0 Å². The van der Waals surface area contributed by atoms with Crippen LogP contribution in [0, 0.1) is 0 Å². The largest absolute Gasteiger partial charge is 0.374 e. The molecule has 2 saturated heterocycles. The van der Waals surface area contributed by atoms with Crippen LogP contribution in [0.2, 0.25) is 0 Å². The SMILES string of the molecule is CO[C@H]1OC(CO[C@@H]2C[C@@H](OCc3ccccc3)[C@@H](OCc3ccccc3)C(COCc3ccccc3)O2)[C@@H](OCc2ccccc2)C(OCc2ccccc2)C1OCc1ccccc1. The third-order valence-electron chi connectivity index (χ3n) is 11.6. The lowest BCUT2D eigenvalue weighted by Gasteiger charge is -2.46. The van der Waals surface area contributed by atoms with E-state index in [1.807, 2.05) is 158 Å². The van der Waals surface area contributed by atoms with Crippen LogP contribution < -0.4 is 0 Å². The van der Waals surface area contributed by atoms with Gasteiger partial charge in [0.15, 0.2) is 12.6 Å². The average molecular weight is 881 g/mol. The van der Waals surface area contributed by atoms with Gasteiger partial charge in [-0.1, -0.05) is 182 Å². The third kappa shape index (κ3) is 14.0. The highest BCUT2D eigenvalue weighted by atomic mass is 16.7. The van der Waals surface area contributed by atoms with Gasteiger partial charge in [-0.2, -0.15) is 0 Å². The van der Waals surface area contributed by atoms with Crippen LogP contribution in [-0.2, 0) is 87.0 Å². The second kappa shape index (κ2) is 25.0. The van der Waals surface area contributed by atoms with Gasteiger partial charge in [0.05, 0.1) is 59.0 Å². The summed E-state index contributed by atoms with van der Waals surface area (Å²) in [7, 11) is 1.62. The Balaban J connectivity index is 1.05. The van der Waals surface area contributed by atoms with Gasteiger partial charge in [0, 0.05) is 13.5 Å². The van der Waals surface area contributed by atoms with Gasteiger partial charge in [-0.15, -0.1) is 0 Å². The molecule has 0 aliphatic carbocycles. The first kappa shape index (κ1) is 46.4. The number of hydrogen-bond acceptors (Lipinski definition) is 10. The van der Waals surface area contributed by atoms with Crippen molar-refractivity contribution in [1.82, 2.24) is 0 Å². The summed E-state index contributed by atoms with van der Waals surface area (Å²) in [5.74, 6) is 0. The number of ether oxygens (including phenoxy) is 10. The lowest BCUT2D eigenvalue weighted by atomic mass is 9.97. The Morgan fingerprint density at radius 1 is 0.369 bits per heavy atom. The molecule has 65 heavy (non-hydrogen) atoms. The van der Waals surface area contributed by atoms with Gasteiger partial charge in [-0.05, 0) is 33.4 Å². The summed E-state index contributed by atoms with van der Waals surface area (Å²) in [4.78, 5) is 0. The summed E-state index contributed by atoms with van der Waals surface area (Å²) in [5, 5.41) is 0. The highest BCUT2D eigenvalue weighted by molar-refractivity contribution is 5.18.